The molecule has 23 heavy (non-hydrogen) atoms. The van der Waals surface area contributed by atoms with E-state index in [1.54, 1.807) is 18.2 Å². The number of ketones is 1. The summed E-state index contributed by atoms with van der Waals surface area (Å²) < 4.78 is 11.7. The van der Waals surface area contributed by atoms with Gasteiger partial charge in [0.15, 0.2) is 23.9 Å². The van der Waals surface area contributed by atoms with Crippen LogP contribution in [0.3, 0.4) is 0 Å². The summed E-state index contributed by atoms with van der Waals surface area (Å²) in [6.45, 7) is 1.32. The number of nitrogens with one attached hydrogen (secondary N) is 1. The van der Waals surface area contributed by atoms with Gasteiger partial charge in [-0.1, -0.05) is 6.07 Å². The molecule has 2 aromatic carbocycles. The first kappa shape index (κ1) is 17.3. The molecule has 0 unspecified atom stereocenters. The van der Waals surface area contributed by atoms with E-state index in [0.717, 1.165) is 3.57 Å². The fraction of sp³-hybridized carbons (Fsp3) is 0.176. The molecule has 0 aliphatic heterocycles. The molecule has 0 saturated heterocycles. The molecular formula is C17H16INO4. The van der Waals surface area contributed by atoms with Crippen LogP contribution in [0.4, 0.5) is 5.69 Å². The summed E-state index contributed by atoms with van der Waals surface area (Å²) in [7, 11) is 1.48. The SMILES string of the molecule is COc1cc(C(C)=O)ccc1OCC(=O)Nc1cccc(I)c1. The Morgan fingerprint density at radius 2 is 1.91 bits per heavy atom. The van der Waals surface area contributed by atoms with Crippen molar-refractivity contribution in [2.75, 3.05) is 19.0 Å². The molecule has 1 N–H and O–H groups in total. The van der Waals surface area contributed by atoms with Crippen LogP contribution in [0.1, 0.15) is 17.3 Å². The summed E-state index contributed by atoms with van der Waals surface area (Å²) in [5.41, 5.74) is 1.24. The number of Topliss-reactive ketones (excluding diaryl/α,β-unsaturated/α-hetero) is 1. The van der Waals surface area contributed by atoms with Gasteiger partial charge < -0.3 is 14.8 Å². The zero-order valence-electron chi connectivity index (χ0n) is 12.8. The third-order valence-corrected chi connectivity index (χ3v) is 3.71. The van der Waals surface area contributed by atoms with Crippen LogP contribution < -0.4 is 14.8 Å². The van der Waals surface area contributed by atoms with Crippen molar-refractivity contribution in [2.45, 2.75) is 6.92 Å². The minimum atomic E-state index is -0.273. The Hall–Kier alpha value is -2.09. The molecule has 0 spiro atoms. The van der Waals surface area contributed by atoms with Gasteiger partial charge in [0, 0.05) is 14.8 Å². The highest BCUT2D eigenvalue weighted by Crippen LogP contribution is 2.28. The van der Waals surface area contributed by atoms with Crippen LogP contribution in [-0.2, 0) is 4.79 Å². The lowest BCUT2D eigenvalue weighted by molar-refractivity contribution is -0.118. The molecule has 5 nitrogen and oxygen atoms in total. The number of anilines is 1. The van der Waals surface area contributed by atoms with Crippen molar-refractivity contribution in [3.63, 3.8) is 0 Å². The zero-order chi connectivity index (χ0) is 16.8. The molecule has 0 radical (unpaired) electrons. The first-order valence-corrected chi connectivity index (χ1v) is 7.94. The molecule has 0 aromatic heterocycles. The van der Waals surface area contributed by atoms with Crippen LogP contribution in [0, 0.1) is 3.57 Å². The standard InChI is InChI=1S/C17H16INO4/c1-11(20)12-6-7-15(16(8-12)22-2)23-10-17(21)19-14-5-3-4-13(18)9-14/h3-9H,10H2,1-2H3,(H,19,21). The van der Waals surface area contributed by atoms with Crippen molar-refractivity contribution in [1.29, 1.82) is 0 Å². The Kier molecular flexibility index (Phi) is 5.97. The summed E-state index contributed by atoms with van der Waals surface area (Å²) in [6, 6.07) is 12.3. The summed E-state index contributed by atoms with van der Waals surface area (Å²) in [5.74, 6) is 0.492. The Morgan fingerprint density at radius 1 is 1.13 bits per heavy atom. The van der Waals surface area contributed by atoms with Gasteiger partial charge >= 0.3 is 0 Å². The number of hydrogen-bond acceptors (Lipinski definition) is 4. The van der Waals surface area contributed by atoms with Gasteiger partial charge in [-0.05, 0) is 65.9 Å². The molecule has 2 rings (SSSR count). The molecule has 6 heteroatoms. The maximum Gasteiger partial charge on any atom is 0.262 e. The van der Waals surface area contributed by atoms with Crippen LogP contribution in [0.15, 0.2) is 42.5 Å². The third kappa shape index (κ3) is 4.95. The number of halogens is 1. The van der Waals surface area contributed by atoms with E-state index in [9.17, 15) is 9.59 Å². The molecular weight excluding hydrogens is 409 g/mol. The Morgan fingerprint density at radius 3 is 2.57 bits per heavy atom. The molecule has 0 fully saturated rings. The molecule has 0 saturated carbocycles. The number of carbonyl (C=O) groups excluding carboxylic acids is 2. The average Bonchev–Trinajstić information content (AvgIpc) is 2.52. The van der Waals surface area contributed by atoms with E-state index in [1.807, 2.05) is 24.3 Å². The highest BCUT2D eigenvalue weighted by Gasteiger charge is 2.10. The van der Waals surface area contributed by atoms with Crippen molar-refractivity contribution >= 4 is 40.0 Å². The van der Waals surface area contributed by atoms with Crippen molar-refractivity contribution < 1.29 is 19.1 Å². The molecule has 0 heterocycles. The fourth-order valence-corrected chi connectivity index (χ4v) is 2.46. The maximum absolute atomic E-state index is 11.9. The van der Waals surface area contributed by atoms with E-state index in [4.69, 9.17) is 9.47 Å². The van der Waals surface area contributed by atoms with Gasteiger partial charge in [0.1, 0.15) is 0 Å². The second-order valence-electron chi connectivity index (χ2n) is 4.77. The van der Waals surface area contributed by atoms with Crippen molar-refractivity contribution in [3.8, 4) is 11.5 Å². The monoisotopic (exact) mass is 425 g/mol. The van der Waals surface area contributed by atoms with Crippen LogP contribution in [-0.4, -0.2) is 25.4 Å². The maximum atomic E-state index is 11.9. The van der Waals surface area contributed by atoms with E-state index in [1.165, 1.54) is 14.0 Å². The van der Waals surface area contributed by atoms with Crippen LogP contribution >= 0.6 is 22.6 Å². The number of carbonyl (C=O) groups is 2. The minimum absolute atomic E-state index is 0.0636. The lowest BCUT2D eigenvalue weighted by Crippen LogP contribution is -2.20. The number of amides is 1. The smallest absolute Gasteiger partial charge is 0.262 e. The van der Waals surface area contributed by atoms with Gasteiger partial charge in [-0.25, -0.2) is 0 Å². The molecule has 120 valence electrons. The molecule has 0 aliphatic rings. The van der Waals surface area contributed by atoms with Crippen molar-refractivity contribution in [2.24, 2.45) is 0 Å². The van der Waals surface area contributed by atoms with Crippen molar-refractivity contribution in [1.82, 2.24) is 0 Å². The van der Waals surface area contributed by atoms with E-state index in [0.29, 0.717) is 22.7 Å². The Labute approximate surface area is 148 Å². The van der Waals surface area contributed by atoms with E-state index < -0.39 is 0 Å². The third-order valence-electron chi connectivity index (χ3n) is 3.04. The normalized spacial score (nSPS) is 10.0. The predicted molar refractivity (Wildman–Crippen MR) is 96.3 cm³/mol. The van der Waals surface area contributed by atoms with Crippen LogP contribution in [0.2, 0.25) is 0 Å². The molecule has 0 bridgehead atoms. The summed E-state index contributed by atoms with van der Waals surface area (Å²) in [4.78, 5) is 23.3. The van der Waals surface area contributed by atoms with E-state index in [2.05, 4.69) is 27.9 Å². The minimum Gasteiger partial charge on any atom is -0.493 e. The highest BCUT2D eigenvalue weighted by atomic mass is 127. The summed E-state index contributed by atoms with van der Waals surface area (Å²) in [5, 5.41) is 2.76. The largest absolute Gasteiger partial charge is 0.493 e. The first-order valence-electron chi connectivity index (χ1n) is 6.87. The summed E-state index contributed by atoms with van der Waals surface area (Å²) >= 11 is 2.17. The molecule has 0 atom stereocenters. The van der Waals surface area contributed by atoms with Gasteiger partial charge in [-0.2, -0.15) is 0 Å². The number of hydrogen-bond donors (Lipinski definition) is 1. The predicted octanol–water partition coefficient (Wildman–Crippen LogP) is 3.52. The number of methoxy groups -OCH3 is 1. The van der Waals surface area contributed by atoms with Gasteiger partial charge in [0.05, 0.1) is 7.11 Å². The molecule has 1 amide bonds. The Bertz CT molecular complexity index is 730. The van der Waals surface area contributed by atoms with Gasteiger partial charge in [-0.3, -0.25) is 9.59 Å². The lowest BCUT2D eigenvalue weighted by atomic mass is 10.1. The van der Waals surface area contributed by atoms with E-state index >= 15 is 0 Å². The summed E-state index contributed by atoms with van der Waals surface area (Å²) in [6.07, 6.45) is 0. The first-order chi connectivity index (χ1) is 11.0. The number of rotatable bonds is 6. The average molecular weight is 425 g/mol. The topological polar surface area (TPSA) is 64.6 Å². The van der Waals surface area contributed by atoms with Crippen LogP contribution in [0.5, 0.6) is 11.5 Å². The van der Waals surface area contributed by atoms with Crippen molar-refractivity contribution in [3.05, 3.63) is 51.6 Å². The fourth-order valence-electron chi connectivity index (χ4n) is 1.91. The second kappa shape index (κ2) is 7.96. The molecule has 0 aliphatic carbocycles. The quantitative estimate of drug-likeness (QED) is 0.569. The number of ether oxygens (including phenoxy) is 2. The Balaban J connectivity index is 2.00. The van der Waals surface area contributed by atoms with Gasteiger partial charge in [0.25, 0.3) is 5.91 Å². The van der Waals surface area contributed by atoms with Crippen LogP contribution in [0.25, 0.3) is 0 Å². The second-order valence-corrected chi connectivity index (χ2v) is 6.01. The van der Waals surface area contributed by atoms with Gasteiger partial charge in [0.2, 0.25) is 0 Å². The zero-order valence-corrected chi connectivity index (χ0v) is 14.9. The number of benzene rings is 2. The highest BCUT2D eigenvalue weighted by molar-refractivity contribution is 14.1. The van der Waals surface area contributed by atoms with Gasteiger partial charge in [-0.15, -0.1) is 0 Å². The van der Waals surface area contributed by atoms with E-state index in [-0.39, 0.29) is 18.3 Å². The lowest BCUT2D eigenvalue weighted by Gasteiger charge is -2.11. The molecule has 2 aromatic rings.